The molecule has 0 spiro atoms. The molecule has 4 aromatic rings. The molecule has 0 bridgehead atoms. The van der Waals surface area contributed by atoms with Crippen LogP contribution in [0.25, 0.3) is 0 Å². The largest absolute Gasteiger partial charge is 0.357 e. The molecule has 0 aliphatic rings. The highest BCUT2D eigenvalue weighted by Gasteiger charge is 2.35. The summed E-state index contributed by atoms with van der Waals surface area (Å²) in [4.78, 5) is 39.6. The molecule has 4 rings (SSSR count). The van der Waals surface area contributed by atoms with Crippen LogP contribution in [-0.4, -0.2) is 49.7 Å². The highest BCUT2D eigenvalue weighted by atomic mass is 35.5. The van der Waals surface area contributed by atoms with Crippen molar-refractivity contribution in [1.29, 1.82) is 0 Å². The Hall–Kier alpha value is -4.45. The van der Waals surface area contributed by atoms with Gasteiger partial charge in [-0.3, -0.25) is 24.0 Å². The summed E-state index contributed by atoms with van der Waals surface area (Å²) in [6.07, 6.45) is 0.111. The van der Waals surface area contributed by atoms with Gasteiger partial charge in [0.2, 0.25) is 11.8 Å². The van der Waals surface area contributed by atoms with E-state index in [0.29, 0.717) is 10.6 Å². The van der Waals surface area contributed by atoms with Crippen molar-refractivity contribution in [3.05, 3.63) is 134 Å². The van der Waals surface area contributed by atoms with Crippen LogP contribution < -0.4 is 9.62 Å². The summed E-state index contributed by atoms with van der Waals surface area (Å²) in [5.74, 6) is -1.23. The second-order valence-corrected chi connectivity index (χ2v) is 12.4. The Morgan fingerprint density at radius 2 is 1.57 bits per heavy atom. The van der Waals surface area contributed by atoms with Crippen LogP contribution in [-0.2, 0) is 32.6 Å². The number of halogens is 2. The van der Waals surface area contributed by atoms with E-state index in [2.05, 4.69) is 5.32 Å². The van der Waals surface area contributed by atoms with Crippen molar-refractivity contribution >= 4 is 56.4 Å². The number of carbonyl (C=O) groups is 2. The van der Waals surface area contributed by atoms with Crippen LogP contribution in [0, 0.1) is 10.1 Å². The molecule has 10 nitrogen and oxygen atoms in total. The molecule has 0 aromatic heterocycles. The normalized spacial score (nSPS) is 11.8. The quantitative estimate of drug-likeness (QED) is 0.159. The zero-order chi connectivity index (χ0) is 31.9. The average Bonchev–Trinajstić information content (AvgIpc) is 3.02. The first kappa shape index (κ1) is 32.5. The standard InChI is InChI=1S/C31H28Cl2N4O6S/c1-34-31(39)29(17-22-9-4-2-5-10-22)35(20-23-15-16-24(32)18-28(23)33)30(38)21-36(25-11-8-12-26(19-25)37(40)41)44(42,43)27-13-6-3-7-14-27/h2-16,18-19,29H,17,20-21H2,1H3,(H,34,39). The van der Waals surface area contributed by atoms with Gasteiger partial charge in [0, 0.05) is 42.2 Å². The SMILES string of the molecule is CNC(=O)C(Cc1ccccc1)N(Cc1ccc(Cl)cc1Cl)C(=O)CN(c1cccc([N+](=O)[O-])c1)S(=O)(=O)c1ccccc1. The lowest BCUT2D eigenvalue weighted by atomic mass is 10.0. The first-order valence-electron chi connectivity index (χ1n) is 13.3. The van der Waals surface area contributed by atoms with Gasteiger partial charge in [-0.25, -0.2) is 8.42 Å². The lowest BCUT2D eigenvalue weighted by Crippen LogP contribution is -2.53. The number of hydrogen-bond acceptors (Lipinski definition) is 6. The minimum Gasteiger partial charge on any atom is -0.357 e. The van der Waals surface area contributed by atoms with Gasteiger partial charge in [0.05, 0.1) is 15.5 Å². The topological polar surface area (TPSA) is 130 Å². The summed E-state index contributed by atoms with van der Waals surface area (Å²) in [5, 5.41) is 14.8. The molecule has 4 aromatic carbocycles. The van der Waals surface area contributed by atoms with Gasteiger partial charge in [-0.05, 0) is 41.5 Å². The maximum absolute atomic E-state index is 14.3. The Bertz CT molecular complexity index is 1760. The molecular formula is C31H28Cl2N4O6S. The number of amides is 2. The third-order valence-electron chi connectivity index (χ3n) is 6.81. The number of nitrogens with one attached hydrogen (secondary N) is 1. The summed E-state index contributed by atoms with van der Waals surface area (Å²) < 4.78 is 28.7. The molecular weight excluding hydrogens is 627 g/mol. The highest BCUT2D eigenvalue weighted by molar-refractivity contribution is 7.92. The maximum atomic E-state index is 14.3. The number of rotatable bonds is 12. The first-order chi connectivity index (χ1) is 21.0. The van der Waals surface area contributed by atoms with E-state index in [-0.39, 0.29) is 34.3 Å². The molecule has 13 heteroatoms. The maximum Gasteiger partial charge on any atom is 0.271 e. The zero-order valence-electron chi connectivity index (χ0n) is 23.5. The Kier molecular flexibility index (Phi) is 10.6. The molecule has 0 saturated carbocycles. The predicted octanol–water partition coefficient (Wildman–Crippen LogP) is 5.48. The van der Waals surface area contributed by atoms with E-state index in [9.17, 15) is 28.1 Å². The summed E-state index contributed by atoms with van der Waals surface area (Å²) >= 11 is 12.6. The van der Waals surface area contributed by atoms with Crippen LogP contribution in [0.3, 0.4) is 0 Å². The average molecular weight is 656 g/mol. The van der Waals surface area contributed by atoms with Crippen LogP contribution in [0.4, 0.5) is 11.4 Å². The molecule has 0 saturated heterocycles. The number of likely N-dealkylation sites (N-methyl/N-ethyl adjacent to an activating group) is 1. The van der Waals surface area contributed by atoms with E-state index in [0.717, 1.165) is 15.9 Å². The van der Waals surface area contributed by atoms with E-state index >= 15 is 0 Å². The van der Waals surface area contributed by atoms with Crippen molar-refractivity contribution < 1.29 is 22.9 Å². The fourth-order valence-electron chi connectivity index (χ4n) is 4.56. The van der Waals surface area contributed by atoms with Gasteiger partial charge in [-0.2, -0.15) is 0 Å². The van der Waals surface area contributed by atoms with Gasteiger partial charge in [-0.15, -0.1) is 0 Å². The Morgan fingerprint density at radius 1 is 0.909 bits per heavy atom. The van der Waals surface area contributed by atoms with Gasteiger partial charge in [0.1, 0.15) is 12.6 Å². The van der Waals surface area contributed by atoms with Gasteiger partial charge < -0.3 is 10.2 Å². The van der Waals surface area contributed by atoms with E-state index in [1.807, 2.05) is 18.2 Å². The minimum absolute atomic E-state index is 0.0968. The molecule has 1 N–H and O–H groups in total. The first-order valence-corrected chi connectivity index (χ1v) is 15.5. The van der Waals surface area contributed by atoms with Crippen LogP contribution in [0.5, 0.6) is 0 Å². The minimum atomic E-state index is -4.40. The number of nitro benzene ring substituents is 1. The van der Waals surface area contributed by atoms with Crippen LogP contribution in [0.1, 0.15) is 11.1 Å². The van der Waals surface area contributed by atoms with E-state index < -0.39 is 39.3 Å². The number of nitro groups is 1. The van der Waals surface area contributed by atoms with Crippen molar-refractivity contribution in [2.75, 3.05) is 17.9 Å². The smallest absolute Gasteiger partial charge is 0.271 e. The molecule has 0 aliphatic carbocycles. The number of non-ortho nitro benzene ring substituents is 1. The van der Waals surface area contributed by atoms with Crippen LogP contribution in [0.15, 0.2) is 108 Å². The van der Waals surface area contributed by atoms with E-state index in [1.165, 1.54) is 60.5 Å². The molecule has 0 aliphatic heterocycles. The Morgan fingerprint density at radius 3 is 2.18 bits per heavy atom. The fourth-order valence-corrected chi connectivity index (χ4v) is 6.46. The Labute approximate surface area is 265 Å². The van der Waals surface area contributed by atoms with Crippen LogP contribution >= 0.6 is 23.2 Å². The highest BCUT2D eigenvalue weighted by Crippen LogP contribution is 2.29. The van der Waals surface area contributed by atoms with E-state index in [4.69, 9.17) is 23.2 Å². The second-order valence-electron chi connectivity index (χ2n) is 9.68. The molecule has 228 valence electrons. The third kappa shape index (κ3) is 7.73. The number of nitrogens with zero attached hydrogens (tertiary/aromatic N) is 3. The molecule has 44 heavy (non-hydrogen) atoms. The fraction of sp³-hybridized carbons (Fsp3) is 0.161. The van der Waals surface area contributed by atoms with Gasteiger partial charge in [0.15, 0.2) is 0 Å². The molecule has 0 heterocycles. The number of carbonyl (C=O) groups excluding carboxylic acids is 2. The third-order valence-corrected chi connectivity index (χ3v) is 9.19. The summed E-state index contributed by atoms with van der Waals surface area (Å²) in [6.45, 7) is -0.931. The summed E-state index contributed by atoms with van der Waals surface area (Å²) in [7, 11) is -2.97. The number of sulfonamides is 1. The van der Waals surface area contributed by atoms with Crippen molar-refractivity contribution in [2.45, 2.75) is 23.9 Å². The van der Waals surface area contributed by atoms with Gasteiger partial charge in [0.25, 0.3) is 15.7 Å². The number of benzene rings is 4. The predicted molar refractivity (Wildman–Crippen MR) is 169 cm³/mol. The summed E-state index contributed by atoms with van der Waals surface area (Å²) in [6, 6.07) is 25.1. The van der Waals surface area contributed by atoms with Crippen molar-refractivity contribution in [3.63, 3.8) is 0 Å². The van der Waals surface area contributed by atoms with Crippen molar-refractivity contribution in [3.8, 4) is 0 Å². The van der Waals surface area contributed by atoms with Crippen molar-refractivity contribution in [2.24, 2.45) is 0 Å². The lowest BCUT2D eigenvalue weighted by molar-refractivity contribution is -0.384. The van der Waals surface area contributed by atoms with E-state index in [1.54, 1.807) is 30.3 Å². The molecule has 0 radical (unpaired) electrons. The summed E-state index contributed by atoms with van der Waals surface area (Å²) in [5.41, 5.74) is 0.772. The van der Waals surface area contributed by atoms with Gasteiger partial charge in [-0.1, -0.05) is 83.9 Å². The molecule has 2 amide bonds. The van der Waals surface area contributed by atoms with Crippen LogP contribution in [0.2, 0.25) is 10.0 Å². The Balaban J connectivity index is 1.83. The number of anilines is 1. The zero-order valence-corrected chi connectivity index (χ0v) is 25.8. The van der Waals surface area contributed by atoms with Crippen molar-refractivity contribution in [1.82, 2.24) is 10.2 Å². The monoisotopic (exact) mass is 654 g/mol. The molecule has 1 unspecified atom stereocenters. The molecule has 1 atom stereocenters. The number of hydrogen-bond donors (Lipinski definition) is 1. The lowest BCUT2D eigenvalue weighted by Gasteiger charge is -2.33. The molecule has 0 fully saturated rings. The van der Waals surface area contributed by atoms with Gasteiger partial charge >= 0.3 is 0 Å². The second kappa shape index (κ2) is 14.3.